The number of hydrogen-bond acceptors (Lipinski definition) is 3. The Balaban J connectivity index is 2.77. The van der Waals surface area contributed by atoms with E-state index in [4.69, 9.17) is 4.74 Å². The lowest BCUT2D eigenvalue weighted by atomic mass is 10.3. The maximum atomic E-state index is 5.01. The van der Waals surface area contributed by atoms with E-state index in [1.165, 1.54) is 6.40 Å². The smallest absolute Gasteiger partial charge is 0.174 e. The molecule has 0 aliphatic carbocycles. The molecule has 0 radical (unpaired) electrons. The van der Waals surface area contributed by atoms with Gasteiger partial charge in [-0.1, -0.05) is 0 Å². The van der Waals surface area contributed by atoms with E-state index in [0.29, 0.717) is 6.61 Å². The molecular weight excluding hydrogens is 164 g/mol. The molecule has 0 N–H and O–H groups in total. The van der Waals surface area contributed by atoms with Crippen LogP contribution in [0.25, 0.3) is 0 Å². The first-order valence-corrected chi connectivity index (χ1v) is 4.32. The van der Waals surface area contributed by atoms with Crippen molar-refractivity contribution >= 4 is 12.1 Å². The standard InChI is InChI=1S/C10H14N2O/c1-4-13-7-11-10-5-8(2)12-9(3)6-10/h5-7H,4H2,1-3H3. The highest BCUT2D eigenvalue weighted by atomic mass is 16.5. The number of ether oxygens (including phenoxy) is 1. The summed E-state index contributed by atoms with van der Waals surface area (Å²) in [7, 11) is 0. The Labute approximate surface area is 78.5 Å². The Morgan fingerprint density at radius 2 is 2.00 bits per heavy atom. The summed E-state index contributed by atoms with van der Waals surface area (Å²) in [6.45, 7) is 6.47. The van der Waals surface area contributed by atoms with Gasteiger partial charge < -0.3 is 4.74 Å². The van der Waals surface area contributed by atoms with Gasteiger partial charge in [0.15, 0.2) is 6.40 Å². The molecule has 0 amide bonds. The molecule has 0 aliphatic rings. The number of aliphatic imine (C=N–C) groups is 1. The third-order valence-electron chi connectivity index (χ3n) is 1.51. The van der Waals surface area contributed by atoms with E-state index in [-0.39, 0.29) is 0 Å². The van der Waals surface area contributed by atoms with Crippen LogP contribution in [0.15, 0.2) is 17.1 Å². The SMILES string of the molecule is CCOC=Nc1cc(C)nc(C)c1. The number of nitrogens with zero attached hydrogens (tertiary/aromatic N) is 2. The summed E-state index contributed by atoms with van der Waals surface area (Å²) in [5, 5.41) is 0. The molecule has 0 spiro atoms. The van der Waals surface area contributed by atoms with Crippen LogP contribution in [0.1, 0.15) is 18.3 Å². The predicted molar refractivity (Wildman–Crippen MR) is 53.5 cm³/mol. The van der Waals surface area contributed by atoms with E-state index < -0.39 is 0 Å². The molecule has 13 heavy (non-hydrogen) atoms. The summed E-state index contributed by atoms with van der Waals surface area (Å²) in [6, 6.07) is 3.84. The second-order valence-corrected chi connectivity index (χ2v) is 2.80. The zero-order chi connectivity index (χ0) is 9.68. The molecule has 1 rings (SSSR count). The average Bonchev–Trinajstić information content (AvgIpc) is 2.03. The first-order valence-electron chi connectivity index (χ1n) is 4.32. The van der Waals surface area contributed by atoms with Crippen molar-refractivity contribution in [3.8, 4) is 0 Å². The molecule has 1 heterocycles. The molecule has 1 aromatic heterocycles. The van der Waals surface area contributed by atoms with Crippen LogP contribution in [0.4, 0.5) is 5.69 Å². The Morgan fingerprint density at radius 1 is 1.38 bits per heavy atom. The lowest BCUT2D eigenvalue weighted by Crippen LogP contribution is -1.86. The average molecular weight is 178 g/mol. The van der Waals surface area contributed by atoms with Crippen LogP contribution >= 0.6 is 0 Å². The molecule has 0 aromatic carbocycles. The van der Waals surface area contributed by atoms with Gasteiger partial charge in [0.1, 0.15) is 0 Å². The van der Waals surface area contributed by atoms with Gasteiger partial charge in [0.2, 0.25) is 0 Å². The summed E-state index contributed by atoms with van der Waals surface area (Å²) in [5.41, 5.74) is 2.84. The molecule has 3 heteroatoms. The monoisotopic (exact) mass is 178 g/mol. The molecule has 0 saturated heterocycles. The van der Waals surface area contributed by atoms with Crippen molar-refractivity contribution in [2.24, 2.45) is 4.99 Å². The summed E-state index contributed by atoms with van der Waals surface area (Å²) in [4.78, 5) is 8.38. The topological polar surface area (TPSA) is 34.5 Å². The van der Waals surface area contributed by atoms with E-state index in [9.17, 15) is 0 Å². The van der Waals surface area contributed by atoms with Crippen molar-refractivity contribution in [3.63, 3.8) is 0 Å². The van der Waals surface area contributed by atoms with Gasteiger partial charge in [-0.25, -0.2) is 4.99 Å². The Kier molecular flexibility index (Phi) is 3.43. The summed E-state index contributed by atoms with van der Waals surface area (Å²) >= 11 is 0. The Morgan fingerprint density at radius 3 is 2.54 bits per heavy atom. The normalized spacial score (nSPS) is 10.7. The molecule has 0 unspecified atom stereocenters. The van der Waals surface area contributed by atoms with E-state index in [2.05, 4.69) is 9.98 Å². The van der Waals surface area contributed by atoms with E-state index in [1.807, 2.05) is 32.9 Å². The summed E-state index contributed by atoms with van der Waals surface area (Å²) in [5.74, 6) is 0. The van der Waals surface area contributed by atoms with Gasteiger partial charge in [-0.15, -0.1) is 0 Å². The number of rotatable bonds is 3. The van der Waals surface area contributed by atoms with Gasteiger partial charge in [-0.3, -0.25) is 4.98 Å². The maximum absolute atomic E-state index is 5.01. The number of aryl methyl sites for hydroxylation is 2. The highest BCUT2D eigenvalue weighted by molar-refractivity contribution is 5.55. The minimum absolute atomic E-state index is 0.645. The van der Waals surface area contributed by atoms with Crippen molar-refractivity contribution < 1.29 is 4.74 Å². The lowest BCUT2D eigenvalue weighted by Gasteiger charge is -1.98. The minimum Gasteiger partial charge on any atom is -0.483 e. The van der Waals surface area contributed by atoms with E-state index in [1.54, 1.807) is 0 Å². The molecule has 3 nitrogen and oxygen atoms in total. The number of hydrogen-bond donors (Lipinski definition) is 0. The highest BCUT2D eigenvalue weighted by Gasteiger charge is 1.93. The fourth-order valence-corrected chi connectivity index (χ4v) is 1.06. The zero-order valence-corrected chi connectivity index (χ0v) is 8.24. The second kappa shape index (κ2) is 4.60. The fraction of sp³-hybridized carbons (Fsp3) is 0.400. The Hall–Kier alpha value is -1.38. The van der Waals surface area contributed by atoms with Gasteiger partial charge in [0.25, 0.3) is 0 Å². The number of aromatic nitrogens is 1. The molecule has 0 aliphatic heterocycles. The van der Waals surface area contributed by atoms with Crippen molar-refractivity contribution in [1.29, 1.82) is 0 Å². The first kappa shape index (κ1) is 9.71. The van der Waals surface area contributed by atoms with Crippen LogP contribution in [-0.4, -0.2) is 18.0 Å². The van der Waals surface area contributed by atoms with Crippen molar-refractivity contribution in [2.45, 2.75) is 20.8 Å². The largest absolute Gasteiger partial charge is 0.483 e. The third kappa shape index (κ3) is 3.23. The van der Waals surface area contributed by atoms with E-state index >= 15 is 0 Å². The highest BCUT2D eigenvalue weighted by Crippen LogP contribution is 2.13. The van der Waals surface area contributed by atoms with Crippen LogP contribution in [0, 0.1) is 13.8 Å². The lowest BCUT2D eigenvalue weighted by molar-refractivity contribution is 0.344. The van der Waals surface area contributed by atoms with Gasteiger partial charge in [-0.2, -0.15) is 0 Å². The van der Waals surface area contributed by atoms with Crippen molar-refractivity contribution in [1.82, 2.24) is 4.98 Å². The van der Waals surface area contributed by atoms with Gasteiger partial charge in [-0.05, 0) is 32.9 Å². The molecule has 0 fully saturated rings. The summed E-state index contributed by atoms with van der Waals surface area (Å²) < 4.78 is 5.01. The van der Waals surface area contributed by atoms with Crippen molar-refractivity contribution in [2.75, 3.05) is 6.61 Å². The van der Waals surface area contributed by atoms with Crippen LogP contribution in [0.5, 0.6) is 0 Å². The van der Waals surface area contributed by atoms with Gasteiger partial charge in [0.05, 0.1) is 12.3 Å². The maximum Gasteiger partial charge on any atom is 0.174 e. The zero-order valence-electron chi connectivity index (χ0n) is 8.24. The molecule has 0 saturated carbocycles. The molecule has 0 atom stereocenters. The fourth-order valence-electron chi connectivity index (χ4n) is 1.06. The molecule has 0 bridgehead atoms. The molecule has 1 aromatic rings. The van der Waals surface area contributed by atoms with Gasteiger partial charge >= 0.3 is 0 Å². The van der Waals surface area contributed by atoms with Crippen molar-refractivity contribution in [3.05, 3.63) is 23.5 Å². The van der Waals surface area contributed by atoms with Crippen LogP contribution in [0.3, 0.4) is 0 Å². The second-order valence-electron chi connectivity index (χ2n) is 2.80. The van der Waals surface area contributed by atoms with Crippen LogP contribution in [-0.2, 0) is 4.74 Å². The third-order valence-corrected chi connectivity index (χ3v) is 1.51. The van der Waals surface area contributed by atoms with Crippen LogP contribution in [0.2, 0.25) is 0 Å². The predicted octanol–water partition coefficient (Wildman–Crippen LogP) is 2.39. The number of pyridine rings is 1. The Bertz CT molecular complexity index is 288. The quantitative estimate of drug-likeness (QED) is 0.526. The van der Waals surface area contributed by atoms with Crippen LogP contribution < -0.4 is 0 Å². The summed E-state index contributed by atoms with van der Waals surface area (Å²) in [6.07, 6.45) is 1.47. The first-order chi connectivity index (χ1) is 6.22. The minimum atomic E-state index is 0.645. The van der Waals surface area contributed by atoms with E-state index in [0.717, 1.165) is 17.1 Å². The molecular formula is C10H14N2O. The molecule has 70 valence electrons. The van der Waals surface area contributed by atoms with Gasteiger partial charge in [0, 0.05) is 11.4 Å².